The van der Waals surface area contributed by atoms with Gasteiger partial charge in [0.15, 0.2) is 0 Å². The molecular formula is C22H40O3. The second kappa shape index (κ2) is 12.5. The van der Waals surface area contributed by atoms with Crippen molar-refractivity contribution in [2.75, 3.05) is 0 Å². The zero-order valence-electron chi connectivity index (χ0n) is 16.9. The van der Waals surface area contributed by atoms with E-state index in [1.807, 2.05) is 0 Å². The van der Waals surface area contributed by atoms with E-state index in [9.17, 15) is 9.59 Å². The molecule has 0 aromatic rings. The molecule has 0 aromatic carbocycles. The summed E-state index contributed by atoms with van der Waals surface area (Å²) < 4.78 is 4.82. The van der Waals surface area contributed by atoms with E-state index in [1.54, 1.807) is 0 Å². The van der Waals surface area contributed by atoms with Crippen LogP contribution in [0.3, 0.4) is 0 Å². The van der Waals surface area contributed by atoms with Gasteiger partial charge in [-0.15, -0.1) is 0 Å². The van der Waals surface area contributed by atoms with Gasteiger partial charge in [-0.05, 0) is 31.1 Å². The lowest BCUT2D eigenvalue weighted by Crippen LogP contribution is -2.27. The van der Waals surface area contributed by atoms with Gasteiger partial charge in [-0.3, -0.25) is 9.59 Å². The summed E-state index contributed by atoms with van der Waals surface area (Å²) in [5.41, 5.74) is 0.227. The molecule has 0 spiro atoms. The SMILES string of the molecule is CCCCCCCCC(CCCC)(CCCC)CC1CC(=O)OC1=O. The van der Waals surface area contributed by atoms with Crippen molar-refractivity contribution in [3.05, 3.63) is 0 Å². The molecule has 0 amide bonds. The Morgan fingerprint density at radius 1 is 0.800 bits per heavy atom. The van der Waals surface area contributed by atoms with Crippen molar-refractivity contribution < 1.29 is 14.3 Å². The maximum atomic E-state index is 12.0. The molecule has 1 unspecified atom stereocenters. The van der Waals surface area contributed by atoms with Crippen LogP contribution >= 0.6 is 0 Å². The molecule has 0 bridgehead atoms. The number of hydrogen-bond donors (Lipinski definition) is 0. The summed E-state index contributed by atoms with van der Waals surface area (Å²) in [6, 6.07) is 0. The minimum absolute atomic E-state index is 0.193. The Balaban J connectivity index is 2.67. The first-order valence-electron chi connectivity index (χ1n) is 10.8. The average molecular weight is 353 g/mol. The Morgan fingerprint density at radius 2 is 1.32 bits per heavy atom. The van der Waals surface area contributed by atoms with E-state index >= 15 is 0 Å². The molecule has 0 aliphatic carbocycles. The molecule has 1 heterocycles. The van der Waals surface area contributed by atoms with Crippen molar-refractivity contribution in [2.24, 2.45) is 11.3 Å². The van der Waals surface area contributed by atoms with E-state index in [2.05, 4.69) is 20.8 Å². The summed E-state index contributed by atoms with van der Waals surface area (Å²) in [5.74, 6) is -0.791. The van der Waals surface area contributed by atoms with Crippen LogP contribution in [-0.2, 0) is 14.3 Å². The first-order chi connectivity index (χ1) is 12.1. The molecular weight excluding hydrogens is 312 g/mol. The number of rotatable bonds is 15. The number of cyclic esters (lactones) is 2. The summed E-state index contributed by atoms with van der Waals surface area (Å²) in [6.45, 7) is 6.73. The van der Waals surface area contributed by atoms with Crippen molar-refractivity contribution in [2.45, 2.75) is 117 Å². The average Bonchev–Trinajstić information content (AvgIpc) is 2.91. The third kappa shape index (κ3) is 8.37. The van der Waals surface area contributed by atoms with E-state index in [0.29, 0.717) is 6.42 Å². The number of carbonyl (C=O) groups excluding carboxylic acids is 2. The number of unbranched alkanes of at least 4 members (excludes halogenated alkanes) is 7. The molecule has 0 N–H and O–H groups in total. The first kappa shape index (κ1) is 22.2. The lowest BCUT2D eigenvalue weighted by atomic mass is 9.68. The van der Waals surface area contributed by atoms with Crippen LogP contribution in [0.4, 0.5) is 0 Å². The Kier molecular flexibility index (Phi) is 11.1. The van der Waals surface area contributed by atoms with Crippen LogP contribution in [0.5, 0.6) is 0 Å². The third-order valence-corrected chi connectivity index (χ3v) is 5.82. The largest absolute Gasteiger partial charge is 0.393 e. The van der Waals surface area contributed by atoms with Crippen LogP contribution in [0.25, 0.3) is 0 Å². The molecule has 0 radical (unpaired) electrons. The normalized spacial score (nSPS) is 18.0. The molecule has 3 nitrogen and oxygen atoms in total. The summed E-state index contributed by atoms with van der Waals surface area (Å²) in [4.78, 5) is 23.5. The number of carbonyl (C=O) groups is 2. The molecule has 1 aliphatic heterocycles. The predicted octanol–water partition coefficient (Wildman–Crippen LogP) is 6.58. The Hall–Kier alpha value is -0.860. The van der Waals surface area contributed by atoms with E-state index in [0.717, 1.165) is 6.42 Å². The van der Waals surface area contributed by atoms with Gasteiger partial charge in [0.25, 0.3) is 0 Å². The van der Waals surface area contributed by atoms with Crippen molar-refractivity contribution >= 4 is 11.9 Å². The Bertz CT molecular complexity index is 381. The molecule has 1 saturated heterocycles. The van der Waals surface area contributed by atoms with E-state index in [1.165, 1.54) is 83.5 Å². The fourth-order valence-electron chi connectivity index (χ4n) is 4.26. The summed E-state index contributed by atoms with van der Waals surface area (Å²) in [6.07, 6.45) is 17.4. The highest BCUT2D eigenvalue weighted by Crippen LogP contribution is 2.44. The van der Waals surface area contributed by atoms with E-state index < -0.39 is 0 Å². The summed E-state index contributed by atoms with van der Waals surface area (Å²) in [7, 11) is 0. The topological polar surface area (TPSA) is 43.4 Å². The van der Waals surface area contributed by atoms with Gasteiger partial charge in [-0.25, -0.2) is 0 Å². The molecule has 1 aliphatic rings. The molecule has 25 heavy (non-hydrogen) atoms. The fourth-order valence-corrected chi connectivity index (χ4v) is 4.26. The standard InChI is InChI=1S/C22H40O3/c1-4-7-10-11-12-13-16-22(14-8-5-2,15-9-6-3)18-19-17-20(23)25-21(19)24/h19H,4-18H2,1-3H3. The molecule has 0 saturated carbocycles. The van der Waals surface area contributed by atoms with Gasteiger partial charge in [0.2, 0.25) is 0 Å². The number of esters is 2. The van der Waals surface area contributed by atoms with Crippen LogP contribution in [-0.4, -0.2) is 11.9 Å². The molecule has 3 heteroatoms. The van der Waals surface area contributed by atoms with Crippen molar-refractivity contribution in [3.63, 3.8) is 0 Å². The van der Waals surface area contributed by atoms with Gasteiger partial charge in [0, 0.05) is 0 Å². The Labute approximate surface area is 155 Å². The lowest BCUT2D eigenvalue weighted by Gasteiger charge is -2.36. The highest BCUT2D eigenvalue weighted by atomic mass is 16.6. The highest BCUT2D eigenvalue weighted by Gasteiger charge is 2.40. The van der Waals surface area contributed by atoms with Gasteiger partial charge >= 0.3 is 11.9 Å². The predicted molar refractivity (Wildman–Crippen MR) is 103 cm³/mol. The van der Waals surface area contributed by atoms with Gasteiger partial charge in [-0.2, -0.15) is 0 Å². The number of hydrogen-bond acceptors (Lipinski definition) is 3. The van der Waals surface area contributed by atoms with E-state index in [-0.39, 0.29) is 23.3 Å². The zero-order chi connectivity index (χ0) is 18.5. The minimum atomic E-state index is -0.325. The molecule has 1 atom stereocenters. The second-order valence-corrected chi connectivity index (χ2v) is 8.12. The van der Waals surface area contributed by atoms with Gasteiger partial charge < -0.3 is 4.74 Å². The Morgan fingerprint density at radius 3 is 1.84 bits per heavy atom. The van der Waals surface area contributed by atoms with Crippen LogP contribution in [0.15, 0.2) is 0 Å². The van der Waals surface area contributed by atoms with Gasteiger partial charge in [0.05, 0.1) is 12.3 Å². The fraction of sp³-hybridized carbons (Fsp3) is 0.909. The maximum absolute atomic E-state index is 12.0. The van der Waals surface area contributed by atoms with E-state index in [4.69, 9.17) is 4.74 Å². The summed E-state index contributed by atoms with van der Waals surface area (Å²) in [5, 5.41) is 0. The van der Waals surface area contributed by atoms with Crippen LogP contribution in [0, 0.1) is 11.3 Å². The van der Waals surface area contributed by atoms with Crippen LogP contribution < -0.4 is 0 Å². The van der Waals surface area contributed by atoms with Crippen molar-refractivity contribution in [1.82, 2.24) is 0 Å². The van der Waals surface area contributed by atoms with Gasteiger partial charge in [0.1, 0.15) is 0 Å². The van der Waals surface area contributed by atoms with Crippen molar-refractivity contribution in [1.29, 1.82) is 0 Å². The molecule has 0 aromatic heterocycles. The zero-order valence-corrected chi connectivity index (χ0v) is 16.9. The van der Waals surface area contributed by atoms with Crippen LogP contribution in [0.2, 0.25) is 0 Å². The second-order valence-electron chi connectivity index (χ2n) is 8.12. The minimum Gasteiger partial charge on any atom is -0.393 e. The monoisotopic (exact) mass is 352 g/mol. The number of ether oxygens (including phenoxy) is 1. The smallest absolute Gasteiger partial charge is 0.317 e. The van der Waals surface area contributed by atoms with Gasteiger partial charge in [-0.1, -0.05) is 85.0 Å². The third-order valence-electron chi connectivity index (χ3n) is 5.82. The molecule has 1 fully saturated rings. The summed E-state index contributed by atoms with van der Waals surface area (Å²) >= 11 is 0. The molecule has 146 valence electrons. The van der Waals surface area contributed by atoms with Crippen molar-refractivity contribution in [3.8, 4) is 0 Å². The first-order valence-corrected chi connectivity index (χ1v) is 10.8. The lowest BCUT2D eigenvalue weighted by molar-refractivity contribution is -0.153. The van der Waals surface area contributed by atoms with Crippen LogP contribution in [0.1, 0.15) is 117 Å². The quantitative estimate of drug-likeness (QED) is 0.190. The molecule has 1 rings (SSSR count). The highest BCUT2D eigenvalue weighted by molar-refractivity contribution is 5.94. The maximum Gasteiger partial charge on any atom is 0.317 e.